The molecule has 5 aliphatic rings. The molecule has 202 valence electrons. The SMILES string of the molecule is CC(CN1CCN(c2ccccc2)CC1)C1CC=C2C3=C(CCC21C)C1(C)CCC(O)C(C)(C)C1CC3. The number of anilines is 1. The predicted octanol–water partition coefficient (Wildman–Crippen LogP) is 7.08. The maximum Gasteiger partial charge on any atom is 0.0594 e. The Morgan fingerprint density at radius 1 is 0.919 bits per heavy atom. The van der Waals surface area contributed by atoms with Gasteiger partial charge in [0.25, 0.3) is 0 Å². The first-order valence-corrected chi connectivity index (χ1v) is 15.3. The largest absolute Gasteiger partial charge is 0.393 e. The molecule has 6 unspecified atom stereocenters. The van der Waals surface area contributed by atoms with Crippen molar-refractivity contribution in [1.82, 2.24) is 4.90 Å². The molecule has 1 N–H and O–H groups in total. The van der Waals surface area contributed by atoms with Crippen LogP contribution >= 0.6 is 0 Å². The van der Waals surface area contributed by atoms with E-state index in [1.165, 1.54) is 63.8 Å². The topological polar surface area (TPSA) is 26.7 Å². The lowest BCUT2D eigenvalue weighted by Gasteiger charge is -2.59. The fourth-order valence-corrected chi connectivity index (χ4v) is 9.94. The zero-order valence-electron chi connectivity index (χ0n) is 24.1. The average Bonchev–Trinajstić information content (AvgIpc) is 3.25. The van der Waals surface area contributed by atoms with Gasteiger partial charge in [0.1, 0.15) is 0 Å². The second-order valence-electron chi connectivity index (χ2n) is 14.3. The van der Waals surface area contributed by atoms with E-state index in [9.17, 15) is 5.11 Å². The molecule has 0 aromatic heterocycles. The highest BCUT2D eigenvalue weighted by Crippen LogP contribution is 2.66. The molecular formula is C34H50N2O. The van der Waals surface area contributed by atoms with Crippen molar-refractivity contribution < 1.29 is 5.11 Å². The molecule has 1 aromatic carbocycles. The van der Waals surface area contributed by atoms with Crippen LogP contribution in [0.15, 0.2) is 53.1 Å². The van der Waals surface area contributed by atoms with E-state index in [2.05, 4.69) is 80.8 Å². The summed E-state index contributed by atoms with van der Waals surface area (Å²) in [6.45, 7) is 18.3. The Hall–Kier alpha value is -1.58. The minimum atomic E-state index is -0.146. The molecule has 0 radical (unpaired) electrons. The van der Waals surface area contributed by atoms with Crippen LogP contribution in [0.5, 0.6) is 0 Å². The molecule has 1 aromatic rings. The van der Waals surface area contributed by atoms with E-state index in [0.29, 0.717) is 11.3 Å². The molecule has 37 heavy (non-hydrogen) atoms. The Labute approximate surface area is 226 Å². The molecule has 1 heterocycles. The molecule has 3 heteroatoms. The normalized spacial score (nSPS) is 38.5. The highest BCUT2D eigenvalue weighted by atomic mass is 16.3. The Bertz CT molecular complexity index is 1060. The van der Waals surface area contributed by atoms with Crippen molar-refractivity contribution in [3.8, 4) is 0 Å². The summed E-state index contributed by atoms with van der Waals surface area (Å²) in [5.74, 6) is 2.09. The first kappa shape index (κ1) is 25.7. The number of hydrogen-bond acceptors (Lipinski definition) is 3. The van der Waals surface area contributed by atoms with Crippen LogP contribution in [-0.2, 0) is 0 Å². The summed E-state index contributed by atoms with van der Waals surface area (Å²) in [5, 5.41) is 10.8. The fourth-order valence-electron chi connectivity index (χ4n) is 9.94. The van der Waals surface area contributed by atoms with E-state index in [-0.39, 0.29) is 16.9 Å². The van der Waals surface area contributed by atoms with Gasteiger partial charge in [0.05, 0.1) is 6.10 Å². The minimum Gasteiger partial charge on any atom is -0.393 e. The van der Waals surface area contributed by atoms with Gasteiger partial charge in [0.15, 0.2) is 0 Å². The zero-order valence-corrected chi connectivity index (χ0v) is 24.1. The quantitative estimate of drug-likeness (QED) is 0.476. The molecule has 0 amide bonds. The Morgan fingerprint density at radius 3 is 2.38 bits per heavy atom. The lowest BCUT2D eigenvalue weighted by atomic mass is 9.46. The summed E-state index contributed by atoms with van der Waals surface area (Å²) < 4.78 is 0. The number of nitrogens with zero attached hydrogens (tertiary/aromatic N) is 2. The number of aliphatic hydroxyl groups is 1. The van der Waals surface area contributed by atoms with Crippen molar-refractivity contribution in [1.29, 1.82) is 0 Å². The van der Waals surface area contributed by atoms with Gasteiger partial charge in [-0.05, 0) is 102 Å². The molecule has 6 rings (SSSR count). The van der Waals surface area contributed by atoms with Crippen molar-refractivity contribution in [2.45, 2.75) is 85.7 Å². The van der Waals surface area contributed by atoms with E-state index >= 15 is 0 Å². The number of aliphatic hydroxyl groups excluding tert-OH is 1. The molecule has 1 saturated carbocycles. The van der Waals surface area contributed by atoms with Crippen molar-refractivity contribution in [2.24, 2.45) is 34.0 Å². The maximum absolute atomic E-state index is 10.8. The lowest BCUT2D eigenvalue weighted by Crippen LogP contribution is -2.53. The third-order valence-corrected chi connectivity index (χ3v) is 12.2. The third kappa shape index (κ3) is 4.06. The number of piperazine rings is 1. The molecule has 1 aliphatic heterocycles. The van der Waals surface area contributed by atoms with E-state index in [4.69, 9.17) is 0 Å². The van der Waals surface area contributed by atoms with Gasteiger partial charge in [-0.25, -0.2) is 0 Å². The number of fused-ring (bicyclic) bond motifs is 4. The Balaban J connectivity index is 1.15. The van der Waals surface area contributed by atoms with Crippen molar-refractivity contribution in [3.05, 3.63) is 53.1 Å². The summed E-state index contributed by atoms with van der Waals surface area (Å²) >= 11 is 0. The maximum atomic E-state index is 10.8. The van der Waals surface area contributed by atoms with E-state index in [0.717, 1.165) is 31.3 Å². The lowest BCUT2D eigenvalue weighted by molar-refractivity contribution is -0.0905. The monoisotopic (exact) mass is 502 g/mol. The number of para-hydroxylation sites is 1. The molecule has 2 fully saturated rings. The molecular weight excluding hydrogens is 452 g/mol. The van der Waals surface area contributed by atoms with Crippen LogP contribution in [0.25, 0.3) is 0 Å². The van der Waals surface area contributed by atoms with Crippen molar-refractivity contribution in [3.63, 3.8) is 0 Å². The summed E-state index contributed by atoms with van der Waals surface area (Å²) in [5.41, 5.74) is 7.31. The predicted molar refractivity (Wildman–Crippen MR) is 155 cm³/mol. The molecule has 0 spiro atoms. The molecule has 4 aliphatic carbocycles. The van der Waals surface area contributed by atoms with E-state index < -0.39 is 0 Å². The first-order chi connectivity index (χ1) is 17.6. The minimum absolute atomic E-state index is 0.0257. The van der Waals surface area contributed by atoms with E-state index in [1.807, 2.05) is 0 Å². The van der Waals surface area contributed by atoms with Gasteiger partial charge in [-0.1, -0.05) is 64.5 Å². The first-order valence-electron chi connectivity index (χ1n) is 15.3. The standard InChI is InChI=1S/C34H50N2O/c1-24(23-35-19-21-36(22-20-35)25-9-7-6-8-10-25)27-12-13-28-26-11-14-30-32(2,3)31(37)16-18-34(30,5)29(26)15-17-33(27,28)4/h6-10,13,24,27,30-31,37H,11-12,14-23H2,1-5H3. The van der Waals surface area contributed by atoms with Crippen LogP contribution in [-0.4, -0.2) is 48.8 Å². The van der Waals surface area contributed by atoms with Crippen molar-refractivity contribution >= 4 is 5.69 Å². The van der Waals surface area contributed by atoms with Gasteiger partial charge >= 0.3 is 0 Å². The van der Waals surface area contributed by atoms with Gasteiger partial charge in [0, 0.05) is 38.4 Å². The number of allylic oxidation sites excluding steroid dienone is 4. The summed E-state index contributed by atoms with van der Waals surface area (Å²) in [7, 11) is 0. The highest BCUT2D eigenvalue weighted by Gasteiger charge is 2.57. The number of benzene rings is 1. The second-order valence-corrected chi connectivity index (χ2v) is 14.3. The van der Waals surface area contributed by atoms with Crippen LogP contribution in [0, 0.1) is 34.0 Å². The molecule has 6 atom stereocenters. The van der Waals surface area contributed by atoms with Crippen LogP contribution in [0.2, 0.25) is 0 Å². The number of rotatable bonds is 4. The summed E-state index contributed by atoms with van der Waals surface area (Å²) in [6, 6.07) is 10.9. The summed E-state index contributed by atoms with van der Waals surface area (Å²) in [4.78, 5) is 5.29. The van der Waals surface area contributed by atoms with E-state index in [1.54, 1.807) is 16.7 Å². The smallest absolute Gasteiger partial charge is 0.0594 e. The van der Waals surface area contributed by atoms with Gasteiger partial charge in [-0.3, -0.25) is 4.90 Å². The van der Waals surface area contributed by atoms with Crippen LogP contribution in [0.4, 0.5) is 5.69 Å². The average molecular weight is 503 g/mol. The third-order valence-electron chi connectivity index (χ3n) is 12.2. The molecule has 1 saturated heterocycles. The van der Waals surface area contributed by atoms with Gasteiger partial charge in [-0.2, -0.15) is 0 Å². The molecule has 3 nitrogen and oxygen atoms in total. The Morgan fingerprint density at radius 2 is 1.65 bits per heavy atom. The fraction of sp³-hybridized carbons (Fsp3) is 0.706. The summed E-state index contributed by atoms with van der Waals surface area (Å²) in [6.07, 6.45) is 11.0. The van der Waals surface area contributed by atoms with Crippen molar-refractivity contribution in [2.75, 3.05) is 37.6 Å². The van der Waals surface area contributed by atoms with Gasteiger partial charge in [0.2, 0.25) is 0 Å². The zero-order chi connectivity index (χ0) is 26.0. The molecule has 0 bridgehead atoms. The highest BCUT2D eigenvalue weighted by molar-refractivity contribution is 5.50. The van der Waals surface area contributed by atoms with Gasteiger partial charge < -0.3 is 10.0 Å². The van der Waals surface area contributed by atoms with Crippen LogP contribution in [0.1, 0.15) is 79.6 Å². The second kappa shape index (κ2) is 9.26. The van der Waals surface area contributed by atoms with Crippen LogP contribution in [0.3, 0.4) is 0 Å². The Kier molecular flexibility index (Phi) is 6.43. The van der Waals surface area contributed by atoms with Gasteiger partial charge in [-0.15, -0.1) is 0 Å². The number of hydrogen-bond donors (Lipinski definition) is 1. The van der Waals surface area contributed by atoms with Crippen LogP contribution < -0.4 is 4.90 Å².